The van der Waals surface area contributed by atoms with Gasteiger partial charge in [0, 0.05) is 10.5 Å². The minimum absolute atomic E-state index is 0.184. The quantitative estimate of drug-likeness (QED) is 0.797. The molecule has 2 aromatic rings. The molecule has 1 atom stereocenters. The zero-order valence-corrected chi connectivity index (χ0v) is 13.6. The van der Waals surface area contributed by atoms with Crippen molar-refractivity contribution in [3.8, 4) is 0 Å². The molecular formula is C15H13BrCl2FN. The van der Waals surface area contributed by atoms with Crippen molar-refractivity contribution < 1.29 is 4.39 Å². The van der Waals surface area contributed by atoms with Gasteiger partial charge in [-0.2, -0.15) is 0 Å². The third-order valence-electron chi connectivity index (χ3n) is 2.97. The number of rotatable bonds is 4. The Labute approximate surface area is 136 Å². The molecule has 0 radical (unpaired) electrons. The van der Waals surface area contributed by atoms with E-state index in [2.05, 4.69) is 15.9 Å². The van der Waals surface area contributed by atoms with Crippen LogP contribution >= 0.6 is 39.1 Å². The van der Waals surface area contributed by atoms with Crippen molar-refractivity contribution >= 4 is 39.1 Å². The van der Waals surface area contributed by atoms with E-state index in [9.17, 15) is 4.39 Å². The summed E-state index contributed by atoms with van der Waals surface area (Å²) in [4.78, 5) is 0. The van der Waals surface area contributed by atoms with E-state index in [0.717, 1.165) is 10.0 Å². The van der Waals surface area contributed by atoms with Crippen molar-refractivity contribution in [3.63, 3.8) is 0 Å². The van der Waals surface area contributed by atoms with E-state index in [0.29, 0.717) is 28.5 Å². The lowest BCUT2D eigenvalue weighted by Crippen LogP contribution is -2.26. The van der Waals surface area contributed by atoms with E-state index >= 15 is 0 Å². The maximum Gasteiger partial charge on any atom is 0.126 e. The minimum atomic E-state index is -0.238. The molecule has 20 heavy (non-hydrogen) atoms. The van der Waals surface area contributed by atoms with Gasteiger partial charge in [0.25, 0.3) is 0 Å². The smallest absolute Gasteiger partial charge is 0.126 e. The number of hydrogen-bond acceptors (Lipinski definition) is 1. The molecule has 0 aliphatic heterocycles. The van der Waals surface area contributed by atoms with Crippen LogP contribution in [0.3, 0.4) is 0 Å². The molecular weight excluding hydrogens is 364 g/mol. The highest BCUT2D eigenvalue weighted by atomic mass is 79.9. The first-order chi connectivity index (χ1) is 9.45. The second kappa shape index (κ2) is 6.90. The first-order valence-corrected chi connectivity index (χ1v) is 7.64. The molecule has 0 saturated heterocycles. The van der Waals surface area contributed by atoms with Crippen LogP contribution in [-0.4, -0.2) is 6.04 Å². The Balaban J connectivity index is 2.06. The summed E-state index contributed by atoms with van der Waals surface area (Å²) in [5.41, 5.74) is 7.68. The minimum Gasteiger partial charge on any atom is -0.327 e. The monoisotopic (exact) mass is 375 g/mol. The number of hydrogen-bond donors (Lipinski definition) is 1. The van der Waals surface area contributed by atoms with E-state index in [4.69, 9.17) is 28.9 Å². The Kier molecular flexibility index (Phi) is 5.44. The predicted octanol–water partition coefficient (Wildman–Crippen LogP) is 5.01. The first kappa shape index (κ1) is 15.8. The van der Waals surface area contributed by atoms with Crippen molar-refractivity contribution in [1.29, 1.82) is 0 Å². The van der Waals surface area contributed by atoms with Gasteiger partial charge in [0.15, 0.2) is 0 Å². The maximum atomic E-state index is 13.7. The van der Waals surface area contributed by atoms with Crippen molar-refractivity contribution in [2.24, 2.45) is 5.73 Å². The molecule has 0 saturated carbocycles. The Bertz CT molecular complexity index is 619. The highest BCUT2D eigenvalue weighted by Crippen LogP contribution is 2.23. The zero-order valence-electron chi connectivity index (χ0n) is 10.5. The lowest BCUT2D eigenvalue weighted by atomic mass is 9.99. The molecule has 2 aromatic carbocycles. The van der Waals surface area contributed by atoms with Crippen molar-refractivity contribution in [2.75, 3.05) is 0 Å². The van der Waals surface area contributed by atoms with E-state index < -0.39 is 0 Å². The molecule has 106 valence electrons. The topological polar surface area (TPSA) is 26.0 Å². The van der Waals surface area contributed by atoms with Crippen LogP contribution < -0.4 is 5.73 Å². The molecule has 0 bridgehead atoms. The maximum absolute atomic E-state index is 13.7. The lowest BCUT2D eigenvalue weighted by molar-refractivity contribution is 0.583. The summed E-state index contributed by atoms with van der Waals surface area (Å²) in [5, 5.41) is 1.02. The van der Waals surface area contributed by atoms with Gasteiger partial charge in [-0.3, -0.25) is 0 Å². The third kappa shape index (κ3) is 4.19. The van der Waals surface area contributed by atoms with Gasteiger partial charge in [0.1, 0.15) is 5.82 Å². The van der Waals surface area contributed by atoms with Crippen LogP contribution in [0.2, 0.25) is 10.0 Å². The molecule has 0 spiro atoms. The average molecular weight is 377 g/mol. The molecule has 2 N–H and O–H groups in total. The Hall–Kier alpha value is -0.610. The van der Waals surface area contributed by atoms with Crippen molar-refractivity contribution in [1.82, 2.24) is 0 Å². The highest BCUT2D eigenvalue weighted by molar-refractivity contribution is 9.10. The van der Waals surface area contributed by atoms with Crippen LogP contribution in [0.5, 0.6) is 0 Å². The molecule has 1 nitrogen and oxygen atoms in total. The molecule has 5 heteroatoms. The highest BCUT2D eigenvalue weighted by Gasteiger charge is 2.10. The van der Waals surface area contributed by atoms with Crippen molar-refractivity contribution in [2.45, 2.75) is 18.9 Å². The first-order valence-electron chi connectivity index (χ1n) is 6.09. The molecule has 0 heterocycles. The van der Waals surface area contributed by atoms with Crippen LogP contribution in [0.4, 0.5) is 4.39 Å². The molecule has 0 amide bonds. The van der Waals surface area contributed by atoms with E-state index in [-0.39, 0.29) is 11.9 Å². The molecule has 0 fully saturated rings. The van der Waals surface area contributed by atoms with Gasteiger partial charge < -0.3 is 5.73 Å². The fraction of sp³-hybridized carbons (Fsp3) is 0.200. The SMILES string of the molecule is NC(Cc1ccc(Cl)c(Cl)c1)Cc1cc(Br)ccc1F. The largest absolute Gasteiger partial charge is 0.327 e. The predicted molar refractivity (Wildman–Crippen MR) is 85.9 cm³/mol. The second-order valence-corrected chi connectivity index (χ2v) is 6.38. The van der Waals surface area contributed by atoms with Gasteiger partial charge in [0.2, 0.25) is 0 Å². The summed E-state index contributed by atoms with van der Waals surface area (Å²) in [6, 6.07) is 10.1. The summed E-state index contributed by atoms with van der Waals surface area (Å²) in [6.45, 7) is 0. The van der Waals surface area contributed by atoms with E-state index in [1.165, 1.54) is 6.07 Å². The molecule has 2 rings (SSSR count). The standard InChI is InChI=1S/C15H13BrCl2FN/c16-11-2-4-15(19)10(7-11)8-12(20)5-9-1-3-13(17)14(18)6-9/h1-4,6-7,12H,5,8,20H2. The van der Waals surface area contributed by atoms with Crippen LogP contribution in [0.25, 0.3) is 0 Å². The summed E-state index contributed by atoms with van der Waals surface area (Å²) in [6.07, 6.45) is 1.08. The Morgan fingerprint density at radius 1 is 1.05 bits per heavy atom. The average Bonchev–Trinajstić information content (AvgIpc) is 2.38. The van der Waals surface area contributed by atoms with E-state index in [1.807, 2.05) is 6.07 Å². The van der Waals surface area contributed by atoms with E-state index in [1.54, 1.807) is 24.3 Å². The number of halogens is 4. The van der Waals surface area contributed by atoms with Gasteiger partial charge in [-0.05, 0) is 54.3 Å². The fourth-order valence-corrected chi connectivity index (χ4v) is 2.75. The molecule has 0 aliphatic carbocycles. The summed E-state index contributed by atoms with van der Waals surface area (Å²) >= 11 is 15.2. The Morgan fingerprint density at radius 2 is 1.80 bits per heavy atom. The van der Waals surface area contributed by atoms with Crippen LogP contribution in [0, 0.1) is 5.82 Å². The summed E-state index contributed by atoms with van der Waals surface area (Å²) in [7, 11) is 0. The van der Waals surface area contributed by atoms with Gasteiger partial charge in [-0.25, -0.2) is 4.39 Å². The van der Waals surface area contributed by atoms with Crippen LogP contribution in [0.15, 0.2) is 40.9 Å². The van der Waals surface area contributed by atoms with Gasteiger partial charge >= 0.3 is 0 Å². The van der Waals surface area contributed by atoms with Gasteiger partial charge in [-0.15, -0.1) is 0 Å². The van der Waals surface area contributed by atoms with Crippen LogP contribution in [0.1, 0.15) is 11.1 Å². The van der Waals surface area contributed by atoms with Crippen LogP contribution in [-0.2, 0) is 12.8 Å². The summed E-state index contributed by atoms with van der Waals surface area (Å²) < 4.78 is 14.5. The lowest BCUT2D eigenvalue weighted by Gasteiger charge is -2.13. The third-order valence-corrected chi connectivity index (χ3v) is 4.20. The molecule has 0 aliphatic rings. The number of nitrogens with two attached hydrogens (primary N) is 1. The number of benzene rings is 2. The zero-order chi connectivity index (χ0) is 14.7. The normalized spacial score (nSPS) is 12.4. The Morgan fingerprint density at radius 3 is 2.50 bits per heavy atom. The van der Waals surface area contributed by atoms with Gasteiger partial charge in [-0.1, -0.05) is 45.2 Å². The van der Waals surface area contributed by atoms with Gasteiger partial charge in [0.05, 0.1) is 10.0 Å². The summed E-state index contributed by atoms with van der Waals surface area (Å²) in [5.74, 6) is -0.238. The molecule has 1 unspecified atom stereocenters. The second-order valence-electron chi connectivity index (χ2n) is 4.65. The fourth-order valence-electron chi connectivity index (χ4n) is 2.02. The van der Waals surface area contributed by atoms with Crippen molar-refractivity contribution in [3.05, 3.63) is 67.9 Å². The molecule has 0 aromatic heterocycles.